The maximum Gasteiger partial charge on any atom is 0.196 e. The molecule has 0 atom stereocenters. The zero-order chi connectivity index (χ0) is 95.4. The monoisotopic (exact) mass is 1860 g/mol. The lowest BCUT2D eigenvalue weighted by Crippen LogP contribution is -2.28. The predicted octanol–water partition coefficient (Wildman–Crippen LogP) is 34.8. The summed E-state index contributed by atoms with van der Waals surface area (Å²) in [5.41, 5.74) is 35.6. The summed E-state index contributed by atoms with van der Waals surface area (Å²) in [6, 6.07) is 184. The van der Waals surface area contributed by atoms with Gasteiger partial charge in [-0.25, -0.2) is 29.9 Å². The van der Waals surface area contributed by atoms with Crippen LogP contribution in [0.4, 0.5) is 0 Å². The number of hydrogen-bond donors (Lipinski definition) is 0. The van der Waals surface area contributed by atoms with Crippen molar-refractivity contribution in [3.8, 4) is 157 Å². The molecule has 7 aromatic heterocycles. The van der Waals surface area contributed by atoms with Crippen LogP contribution in [0.1, 0.15) is 44.5 Å². The van der Waals surface area contributed by atoms with Crippen molar-refractivity contribution in [3.63, 3.8) is 0 Å². The lowest BCUT2D eigenvalue weighted by atomic mass is 9.67. The van der Waals surface area contributed by atoms with Crippen LogP contribution in [0.25, 0.3) is 211 Å². The van der Waals surface area contributed by atoms with Gasteiger partial charge in [0.1, 0.15) is 22.3 Å². The molecular weight excluding hydrogens is 1770 g/mol. The first-order valence-corrected chi connectivity index (χ1v) is 49.4. The van der Waals surface area contributed by atoms with Crippen molar-refractivity contribution in [2.24, 2.45) is 0 Å². The van der Waals surface area contributed by atoms with Gasteiger partial charge in [0.15, 0.2) is 29.0 Å². The second kappa shape index (κ2) is 36.6. The normalized spacial score (nSPS) is 12.4. The Labute approximate surface area is 836 Å². The molecule has 0 aliphatic heterocycles. The minimum absolute atomic E-state index is 0.487. The van der Waals surface area contributed by atoms with Gasteiger partial charge >= 0.3 is 0 Å². The summed E-state index contributed by atoms with van der Waals surface area (Å²) in [5.74, 6) is 3.12. The number of fused-ring (bicyclic) bond motifs is 12. The molecule has 0 radical (unpaired) electrons. The van der Waals surface area contributed by atoms with Crippen molar-refractivity contribution >= 4 is 65.3 Å². The van der Waals surface area contributed by atoms with Gasteiger partial charge in [-0.2, -0.15) is 0 Å². The van der Waals surface area contributed by atoms with Crippen LogP contribution in [0.2, 0.25) is 0 Å². The molecule has 0 bridgehead atoms. The molecule has 2 aliphatic carbocycles. The van der Waals surface area contributed by atoms with Gasteiger partial charge in [0, 0.05) is 59.6 Å². The first-order valence-electron chi connectivity index (χ1n) is 48.6. The van der Waals surface area contributed by atoms with Gasteiger partial charge < -0.3 is 13.3 Å². The Balaban J connectivity index is 0.000000111. The minimum Gasteiger partial charge on any atom is -0.456 e. The highest BCUT2D eigenvalue weighted by molar-refractivity contribution is 7.22. The van der Waals surface area contributed by atoms with Crippen molar-refractivity contribution < 1.29 is 13.3 Å². The van der Waals surface area contributed by atoms with E-state index < -0.39 is 10.8 Å². The third-order valence-corrected chi connectivity index (χ3v) is 29.3. The van der Waals surface area contributed by atoms with Gasteiger partial charge in [-0.3, -0.25) is 0 Å². The zero-order valence-corrected chi connectivity index (χ0v) is 78.8. The molecule has 28 rings (SSSR count). The third-order valence-electron chi connectivity index (χ3n) is 28.1. The summed E-state index contributed by atoms with van der Waals surface area (Å²) >= 11 is 1.74. The molecule has 19 aromatic carbocycles. The van der Waals surface area contributed by atoms with E-state index in [9.17, 15) is 0 Å². The van der Waals surface area contributed by atoms with E-state index in [0.717, 1.165) is 139 Å². The predicted molar refractivity (Wildman–Crippen MR) is 588 cm³/mol. The molecule has 0 unspecified atom stereocenters. The molecule has 9 nitrogen and oxygen atoms in total. The van der Waals surface area contributed by atoms with Gasteiger partial charge in [-0.1, -0.05) is 431 Å². The summed E-state index contributed by atoms with van der Waals surface area (Å²) < 4.78 is 19.8. The number of furan rings is 3. The number of hydrogen-bond acceptors (Lipinski definition) is 10. The van der Waals surface area contributed by atoms with E-state index in [1.165, 1.54) is 93.5 Å². The van der Waals surface area contributed by atoms with E-state index >= 15 is 0 Å². The van der Waals surface area contributed by atoms with Crippen LogP contribution < -0.4 is 0 Å². The van der Waals surface area contributed by atoms with E-state index in [0.29, 0.717) is 23.2 Å². The van der Waals surface area contributed by atoms with Crippen molar-refractivity contribution in [2.45, 2.75) is 10.8 Å². The van der Waals surface area contributed by atoms with E-state index in [1.54, 1.807) is 11.3 Å². The minimum atomic E-state index is -0.505. The quantitative estimate of drug-likeness (QED) is 0.0932. The highest BCUT2D eigenvalue weighted by atomic mass is 32.1. The number of benzene rings is 19. The van der Waals surface area contributed by atoms with Crippen LogP contribution in [0.15, 0.2) is 535 Å². The molecular formula is C134H86N6O3S. The Hall–Kier alpha value is -18.7. The molecule has 0 saturated heterocycles. The topological polar surface area (TPSA) is 117 Å². The number of rotatable bonds is 16. The fourth-order valence-electron chi connectivity index (χ4n) is 21.4. The van der Waals surface area contributed by atoms with Crippen LogP contribution in [-0.4, -0.2) is 29.9 Å². The summed E-state index contributed by atoms with van der Waals surface area (Å²) in [4.78, 5) is 32.1. The van der Waals surface area contributed by atoms with Crippen LogP contribution in [0.3, 0.4) is 0 Å². The average Bonchev–Trinajstić information content (AvgIpc) is 1.54. The smallest absolute Gasteiger partial charge is 0.196 e. The largest absolute Gasteiger partial charge is 0.456 e. The molecule has 144 heavy (non-hydrogen) atoms. The lowest BCUT2D eigenvalue weighted by molar-refractivity contribution is 0.625. The molecule has 676 valence electrons. The molecule has 2 aliphatic rings. The maximum absolute atomic E-state index is 6.35. The Morgan fingerprint density at radius 3 is 1.07 bits per heavy atom. The Morgan fingerprint density at radius 1 is 0.181 bits per heavy atom. The van der Waals surface area contributed by atoms with E-state index in [2.05, 4.69) is 425 Å². The summed E-state index contributed by atoms with van der Waals surface area (Å²) in [7, 11) is 0. The average molecular weight is 1860 g/mol. The molecule has 0 amide bonds. The van der Waals surface area contributed by atoms with Crippen molar-refractivity contribution in [1.29, 1.82) is 0 Å². The van der Waals surface area contributed by atoms with E-state index in [4.69, 9.17) is 43.2 Å². The SMILES string of the molecule is c1ccc(-c2ccc(-c3cc(-c4ccc5c(c4)C(c4ccccc4)(c4ccccc4)c4ccccc4-5)nc(-c4cc5ccccc5o4)n3)cc2)cc1.c1ccc(-c2ccc(-c3cc(-c4ccc5oc6ccccc6c5c4)nc(-c4cc5ccccc5o4)n3)cc2)cc1.c1ccc(-c2cccc(-c3cc(-c4cccc5c4-c4ccccc4C5(c4ccccc4)c4ccccc4)nc(-c4cc5ccccc5s4)n3)c2)cc1. The molecule has 0 fully saturated rings. The van der Waals surface area contributed by atoms with Crippen LogP contribution in [0, 0.1) is 0 Å². The molecule has 0 saturated carbocycles. The van der Waals surface area contributed by atoms with Crippen molar-refractivity contribution in [2.75, 3.05) is 0 Å². The summed E-state index contributed by atoms with van der Waals surface area (Å²) in [5, 5.41) is 5.39. The van der Waals surface area contributed by atoms with Crippen LogP contribution >= 0.6 is 11.3 Å². The first kappa shape index (κ1) is 85.7. The second-order valence-corrected chi connectivity index (χ2v) is 37.6. The molecule has 0 N–H and O–H groups in total. The molecule has 0 spiro atoms. The van der Waals surface area contributed by atoms with Gasteiger partial charge in [0.2, 0.25) is 0 Å². The van der Waals surface area contributed by atoms with Crippen LogP contribution in [0.5, 0.6) is 0 Å². The fourth-order valence-corrected chi connectivity index (χ4v) is 22.4. The standard InChI is InChI=1S/C49H32N2O.C49H32N2S.C36H22N2O2/c1-4-14-33(15-5-1)34-24-26-35(27-25-34)44-32-45(51-48(50-44)47-31-37-16-10-13-23-46(37)52-47)36-28-29-41-40-21-11-12-22-42(40)49(43(41)30-36,38-17-6-2-7-18-38)39-19-8-3-9-20-39;1-4-16-33(17-5-1)34-19-14-20-35(30-34)43-32-44(51-48(50-43)46-31-36-18-10-13-29-45(36)52-46)40-26-15-28-42-47(40)39-25-11-12-27-41(39)49(42,37-21-6-2-7-22-37)38-23-8-3-9-24-38;1-2-8-23(9-3-1)24-14-16-25(17-15-24)30-22-31(38-36(37-30)35-21-27-10-4-6-12-32(27)39-35)26-18-19-34-29(20-26)28-11-5-7-13-33(28)40-34/h2*1-32H;1-22H. The molecule has 10 heteroatoms. The van der Waals surface area contributed by atoms with Crippen molar-refractivity contribution in [3.05, 3.63) is 566 Å². The highest BCUT2D eigenvalue weighted by Crippen LogP contribution is 2.60. The number of nitrogens with zero attached hydrogens (tertiary/aromatic N) is 6. The van der Waals surface area contributed by atoms with Gasteiger partial charge in [0.05, 0.1) is 49.9 Å². The second-order valence-electron chi connectivity index (χ2n) is 36.5. The third kappa shape index (κ3) is 15.5. The Bertz CT molecular complexity index is 9130. The van der Waals surface area contributed by atoms with Gasteiger partial charge in [0.25, 0.3) is 0 Å². The summed E-state index contributed by atoms with van der Waals surface area (Å²) in [6.07, 6.45) is 0. The number of para-hydroxylation sites is 3. The van der Waals surface area contributed by atoms with E-state index in [-0.39, 0.29) is 0 Å². The van der Waals surface area contributed by atoms with Gasteiger partial charge in [-0.05, 0) is 197 Å². The van der Waals surface area contributed by atoms with Crippen LogP contribution in [-0.2, 0) is 10.8 Å². The van der Waals surface area contributed by atoms with Crippen molar-refractivity contribution in [1.82, 2.24) is 29.9 Å². The molecule has 7 heterocycles. The number of thiophene rings is 1. The maximum atomic E-state index is 6.35. The first-order chi connectivity index (χ1) is 71.3. The highest BCUT2D eigenvalue weighted by Gasteiger charge is 2.48. The fraction of sp³-hybridized carbons (Fsp3) is 0.0149. The Kier molecular flexibility index (Phi) is 21.7. The Morgan fingerprint density at radius 2 is 0.528 bits per heavy atom. The molecule has 26 aromatic rings. The lowest BCUT2D eigenvalue weighted by Gasteiger charge is -2.34. The van der Waals surface area contributed by atoms with Gasteiger partial charge in [-0.15, -0.1) is 11.3 Å². The summed E-state index contributed by atoms with van der Waals surface area (Å²) in [6.45, 7) is 0. The number of aromatic nitrogens is 6. The zero-order valence-electron chi connectivity index (χ0n) is 78.0. The van der Waals surface area contributed by atoms with E-state index in [1.807, 2.05) is 97.1 Å².